The monoisotopic (exact) mass is 219 g/mol. The van der Waals surface area contributed by atoms with E-state index in [2.05, 4.69) is 4.90 Å². The van der Waals surface area contributed by atoms with Gasteiger partial charge in [0.2, 0.25) is 0 Å². The third kappa shape index (κ3) is 2.87. The van der Waals surface area contributed by atoms with Crippen LogP contribution in [0, 0.1) is 5.92 Å². The summed E-state index contributed by atoms with van der Waals surface area (Å²) >= 11 is 0. The molecule has 0 spiro atoms. The molecule has 0 bridgehead atoms. The zero-order chi connectivity index (χ0) is 10.7. The van der Waals surface area contributed by atoms with Crippen LogP contribution in [0.5, 0.6) is 0 Å². The van der Waals surface area contributed by atoms with E-state index in [9.17, 15) is 9.50 Å². The van der Waals surface area contributed by atoms with E-state index in [-0.39, 0.29) is 6.29 Å². The second-order valence-corrected chi connectivity index (χ2v) is 4.23. The Morgan fingerprint density at radius 3 is 2.80 bits per heavy atom. The summed E-state index contributed by atoms with van der Waals surface area (Å²) in [6.07, 6.45) is 0.0654. The summed E-state index contributed by atoms with van der Waals surface area (Å²) in [4.78, 5) is 2.07. The average molecular weight is 219 g/mol. The van der Waals surface area contributed by atoms with Gasteiger partial charge >= 0.3 is 0 Å². The third-order valence-corrected chi connectivity index (χ3v) is 2.99. The van der Waals surface area contributed by atoms with E-state index >= 15 is 0 Å². The highest BCUT2D eigenvalue weighted by Gasteiger charge is 2.33. The van der Waals surface area contributed by atoms with E-state index in [1.807, 2.05) is 0 Å². The number of β-amino-alcohol motifs (C(OH)–C–C–N with tert-alkyl or cyclic N) is 1. The first-order valence-corrected chi connectivity index (χ1v) is 5.49. The molecule has 2 heterocycles. The van der Waals surface area contributed by atoms with Gasteiger partial charge in [-0.15, -0.1) is 0 Å². The van der Waals surface area contributed by atoms with Crippen LogP contribution in [-0.2, 0) is 9.47 Å². The van der Waals surface area contributed by atoms with Gasteiger partial charge in [0.25, 0.3) is 0 Å². The predicted molar refractivity (Wildman–Crippen MR) is 52.2 cm³/mol. The first-order chi connectivity index (χ1) is 7.29. The van der Waals surface area contributed by atoms with Crippen molar-refractivity contribution in [2.75, 3.05) is 39.5 Å². The second kappa shape index (κ2) is 5.21. The molecule has 2 saturated heterocycles. The van der Waals surface area contributed by atoms with Gasteiger partial charge in [-0.25, -0.2) is 4.39 Å². The van der Waals surface area contributed by atoms with Gasteiger partial charge in [-0.2, -0.15) is 0 Å². The van der Waals surface area contributed by atoms with E-state index < -0.39 is 12.8 Å². The van der Waals surface area contributed by atoms with Crippen LogP contribution in [0.4, 0.5) is 4.39 Å². The quantitative estimate of drug-likeness (QED) is 0.723. The van der Waals surface area contributed by atoms with Crippen molar-refractivity contribution >= 4 is 0 Å². The van der Waals surface area contributed by atoms with Gasteiger partial charge in [0.15, 0.2) is 6.29 Å². The second-order valence-electron chi connectivity index (χ2n) is 4.23. The molecular weight excluding hydrogens is 201 g/mol. The minimum atomic E-state index is -0.853. The molecule has 4 nitrogen and oxygen atoms in total. The van der Waals surface area contributed by atoms with Crippen LogP contribution >= 0.6 is 0 Å². The first kappa shape index (κ1) is 11.3. The first-order valence-electron chi connectivity index (χ1n) is 5.49. The van der Waals surface area contributed by atoms with Crippen LogP contribution in [-0.4, -0.2) is 61.9 Å². The lowest BCUT2D eigenvalue weighted by atomic mass is 10.1. The topological polar surface area (TPSA) is 41.9 Å². The van der Waals surface area contributed by atoms with Crippen molar-refractivity contribution < 1.29 is 19.0 Å². The summed E-state index contributed by atoms with van der Waals surface area (Å²) in [5, 5.41) is 9.19. The summed E-state index contributed by atoms with van der Waals surface area (Å²) in [6.45, 7) is 2.83. The van der Waals surface area contributed by atoms with Crippen molar-refractivity contribution in [1.29, 1.82) is 0 Å². The van der Waals surface area contributed by atoms with Gasteiger partial charge in [-0.1, -0.05) is 0 Å². The van der Waals surface area contributed by atoms with E-state index in [0.717, 1.165) is 19.5 Å². The van der Waals surface area contributed by atoms with Crippen molar-refractivity contribution in [3.8, 4) is 0 Å². The Balaban J connectivity index is 1.74. The molecule has 0 aromatic rings. The highest BCUT2D eigenvalue weighted by molar-refractivity contribution is 4.80. The van der Waals surface area contributed by atoms with E-state index in [1.165, 1.54) is 0 Å². The van der Waals surface area contributed by atoms with Gasteiger partial charge < -0.3 is 19.5 Å². The minimum absolute atomic E-state index is 0.0856. The standard InChI is InChI=1S/C10H18FNO3/c11-5-9(13)7-12-2-1-8(6-12)10-14-3-4-15-10/h8-10,13H,1-7H2. The Labute approximate surface area is 89.0 Å². The lowest BCUT2D eigenvalue weighted by Crippen LogP contribution is -2.33. The van der Waals surface area contributed by atoms with Crippen LogP contribution in [0.1, 0.15) is 6.42 Å². The number of likely N-dealkylation sites (tertiary alicyclic amines) is 1. The molecule has 0 radical (unpaired) electrons. The third-order valence-electron chi connectivity index (χ3n) is 2.99. The van der Waals surface area contributed by atoms with Gasteiger partial charge in [-0.05, 0) is 13.0 Å². The SMILES string of the molecule is OC(CF)CN1CCC(C2OCCO2)C1. The molecule has 15 heavy (non-hydrogen) atoms. The van der Waals surface area contributed by atoms with Gasteiger partial charge in [0, 0.05) is 19.0 Å². The number of rotatable bonds is 4. The van der Waals surface area contributed by atoms with Crippen LogP contribution in [0.3, 0.4) is 0 Å². The summed E-state index contributed by atoms with van der Waals surface area (Å²) in [5.74, 6) is 0.374. The predicted octanol–water partition coefficient (Wildman–Crippen LogP) is 0.0116. The fourth-order valence-corrected chi connectivity index (χ4v) is 2.25. The number of hydrogen-bond acceptors (Lipinski definition) is 4. The van der Waals surface area contributed by atoms with E-state index in [0.29, 0.717) is 25.7 Å². The minimum Gasteiger partial charge on any atom is -0.389 e. The molecule has 2 unspecified atom stereocenters. The highest BCUT2D eigenvalue weighted by Crippen LogP contribution is 2.24. The van der Waals surface area contributed by atoms with Crippen molar-refractivity contribution in [3.63, 3.8) is 0 Å². The Hall–Kier alpha value is -0.230. The van der Waals surface area contributed by atoms with Crippen LogP contribution in [0.15, 0.2) is 0 Å². The maximum atomic E-state index is 12.1. The smallest absolute Gasteiger partial charge is 0.161 e. The molecule has 2 aliphatic heterocycles. The van der Waals surface area contributed by atoms with E-state index in [4.69, 9.17) is 9.47 Å². The summed E-state index contributed by atoms with van der Waals surface area (Å²) in [5.41, 5.74) is 0. The molecule has 2 aliphatic rings. The molecule has 2 fully saturated rings. The number of hydrogen-bond donors (Lipinski definition) is 1. The van der Waals surface area contributed by atoms with Crippen molar-refractivity contribution in [2.24, 2.45) is 5.92 Å². The van der Waals surface area contributed by atoms with Gasteiger partial charge in [0.05, 0.1) is 19.3 Å². The largest absolute Gasteiger partial charge is 0.389 e. The molecule has 1 N–H and O–H groups in total. The van der Waals surface area contributed by atoms with Gasteiger partial charge in [0.1, 0.15) is 6.67 Å². The Bertz CT molecular complexity index is 199. The number of halogens is 1. The molecular formula is C10H18FNO3. The van der Waals surface area contributed by atoms with Crippen molar-refractivity contribution in [2.45, 2.75) is 18.8 Å². The number of alkyl halides is 1. The van der Waals surface area contributed by atoms with Crippen molar-refractivity contribution in [1.82, 2.24) is 4.90 Å². The van der Waals surface area contributed by atoms with Crippen LogP contribution < -0.4 is 0 Å². The number of aliphatic hydroxyl groups excluding tert-OH is 1. The molecule has 2 atom stereocenters. The Morgan fingerprint density at radius 1 is 1.40 bits per heavy atom. The summed E-state index contributed by atoms with van der Waals surface area (Å²) in [6, 6.07) is 0. The molecule has 5 heteroatoms. The molecule has 0 aromatic heterocycles. The van der Waals surface area contributed by atoms with Gasteiger partial charge in [-0.3, -0.25) is 0 Å². The lowest BCUT2D eigenvalue weighted by Gasteiger charge is -2.20. The zero-order valence-electron chi connectivity index (χ0n) is 8.77. The molecule has 2 rings (SSSR count). The fraction of sp³-hybridized carbons (Fsp3) is 1.00. The Kier molecular flexibility index (Phi) is 3.91. The molecule has 0 saturated carbocycles. The number of ether oxygens (including phenoxy) is 2. The highest BCUT2D eigenvalue weighted by atomic mass is 19.1. The number of nitrogens with zero attached hydrogens (tertiary/aromatic N) is 1. The summed E-state index contributed by atoms with van der Waals surface area (Å²) < 4.78 is 23.0. The molecule has 0 aromatic carbocycles. The average Bonchev–Trinajstić information content (AvgIpc) is 2.85. The van der Waals surface area contributed by atoms with E-state index in [1.54, 1.807) is 0 Å². The number of aliphatic hydroxyl groups is 1. The Morgan fingerprint density at radius 2 is 2.13 bits per heavy atom. The summed E-state index contributed by atoms with van der Waals surface area (Å²) in [7, 11) is 0. The zero-order valence-corrected chi connectivity index (χ0v) is 8.77. The molecule has 88 valence electrons. The normalized spacial score (nSPS) is 31.2. The maximum Gasteiger partial charge on any atom is 0.161 e. The lowest BCUT2D eigenvalue weighted by molar-refractivity contribution is -0.0804. The van der Waals surface area contributed by atoms with Crippen molar-refractivity contribution in [3.05, 3.63) is 0 Å². The van der Waals surface area contributed by atoms with Crippen LogP contribution in [0.2, 0.25) is 0 Å². The molecule has 0 amide bonds. The van der Waals surface area contributed by atoms with Crippen LogP contribution in [0.25, 0.3) is 0 Å². The fourth-order valence-electron chi connectivity index (χ4n) is 2.25. The maximum absolute atomic E-state index is 12.1. The molecule has 0 aliphatic carbocycles.